The van der Waals surface area contributed by atoms with Gasteiger partial charge in [-0.15, -0.1) is 0 Å². The van der Waals surface area contributed by atoms with Crippen molar-refractivity contribution >= 4 is 73.9 Å². The predicted molar refractivity (Wildman–Crippen MR) is 447 cm³/mol. The van der Waals surface area contributed by atoms with Gasteiger partial charge in [-0.05, 0) is 250 Å². The number of ether oxygens (including phenoxy) is 3. The van der Waals surface area contributed by atoms with E-state index in [1.165, 1.54) is 138 Å². The number of amidine groups is 1. The highest BCUT2D eigenvalue weighted by molar-refractivity contribution is 9.08. The lowest BCUT2D eigenvalue weighted by atomic mass is 9.61. The molecular weight excluding hydrogens is 1540 g/mol. The lowest BCUT2D eigenvalue weighted by molar-refractivity contribution is -0.139. The van der Waals surface area contributed by atoms with Crippen LogP contribution in [0.1, 0.15) is 207 Å². The number of carbonyl (C=O) groups is 3. The van der Waals surface area contributed by atoms with E-state index in [2.05, 4.69) is 81.2 Å². The molecule has 0 radical (unpaired) electrons. The van der Waals surface area contributed by atoms with Gasteiger partial charge < -0.3 is 30.6 Å². The molecule has 3 heterocycles. The number of aliphatic imine (C=N–C) groups is 2. The third-order valence-corrected chi connectivity index (χ3v) is 29.8. The Labute approximate surface area is 686 Å². The summed E-state index contributed by atoms with van der Waals surface area (Å²) in [6.07, 6.45) is 29.0. The molecule has 3 atom stereocenters. The minimum absolute atomic E-state index is 0.0430. The van der Waals surface area contributed by atoms with E-state index in [1.54, 1.807) is 86.9 Å². The molecule has 13 nitrogen and oxygen atoms in total. The molecule has 3 unspecified atom stereocenters. The van der Waals surface area contributed by atoms with Gasteiger partial charge in [0.2, 0.25) is 0 Å². The summed E-state index contributed by atoms with van der Waals surface area (Å²) in [5.74, 6) is 1.87. The minimum atomic E-state index is -1.08. The molecule has 6 spiro atoms. The summed E-state index contributed by atoms with van der Waals surface area (Å²) >= 11 is 9.93. The molecule has 0 bridgehead atoms. The second-order valence-corrected chi connectivity index (χ2v) is 36.5. The maximum atomic E-state index is 15.1. The molecule has 3 aliphatic heterocycles. The van der Waals surface area contributed by atoms with Crippen LogP contribution in [0.4, 0.5) is 17.6 Å². The van der Waals surface area contributed by atoms with E-state index in [4.69, 9.17) is 42.1 Å². The van der Waals surface area contributed by atoms with E-state index in [9.17, 15) is 27.2 Å². The lowest BCUT2D eigenvalue weighted by Crippen LogP contribution is -2.56. The number of alkyl halides is 1. The largest absolute Gasteiger partial charge is 0.381 e. The topological polar surface area (TPSA) is 160 Å². The smallest absolute Gasteiger partial charge is 0.262 e. The van der Waals surface area contributed by atoms with Gasteiger partial charge in [-0.25, -0.2) is 27.5 Å². The Kier molecular flexibility index (Phi) is 23.5. The maximum absolute atomic E-state index is 15.1. The number of thioether (sulfide) groups is 1. The zero-order valence-corrected chi connectivity index (χ0v) is 69.1. The van der Waals surface area contributed by atoms with Gasteiger partial charge in [0.25, 0.3) is 17.7 Å². The lowest BCUT2D eigenvalue weighted by Gasteiger charge is -2.46. The molecule has 114 heavy (non-hydrogen) atoms. The third kappa shape index (κ3) is 15.4. The van der Waals surface area contributed by atoms with E-state index >= 15 is 4.79 Å². The average molecular weight is 1650 g/mol. The highest BCUT2D eigenvalue weighted by Crippen LogP contribution is 2.65. The predicted octanol–water partition coefficient (Wildman–Crippen LogP) is 18.9. The normalized spacial score (nSPS) is 28.1. The van der Waals surface area contributed by atoms with Crippen LogP contribution in [0, 0.1) is 57.3 Å². The molecule has 0 aromatic heterocycles. The summed E-state index contributed by atoms with van der Waals surface area (Å²) < 4.78 is 73.8. The quantitative estimate of drug-likeness (QED) is 0.0404. The first kappa shape index (κ1) is 80.2. The van der Waals surface area contributed by atoms with Gasteiger partial charge in [0.1, 0.15) is 23.3 Å². The number of fused-ring (bicyclic) bond motifs is 9. The number of guanidine groups is 1. The molecule has 7 aromatic carbocycles. The molecule has 1 saturated heterocycles. The van der Waals surface area contributed by atoms with Crippen molar-refractivity contribution in [2.75, 3.05) is 21.3 Å². The van der Waals surface area contributed by atoms with Crippen LogP contribution >= 0.6 is 39.9 Å². The van der Waals surface area contributed by atoms with Crippen LogP contribution in [0.2, 0.25) is 0 Å². The Morgan fingerprint density at radius 3 is 1.25 bits per heavy atom. The third-order valence-electron chi connectivity index (χ3n) is 27.9. The van der Waals surface area contributed by atoms with Crippen molar-refractivity contribution in [2.24, 2.45) is 49.7 Å². The molecule has 9 aliphatic carbocycles. The Bertz CT molecular complexity index is 4830. The van der Waals surface area contributed by atoms with E-state index in [1.807, 2.05) is 12.1 Å². The zero-order valence-electron chi connectivity index (χ0n) is 65.8. The fourth-order valence-electron chi connectivity index (χ4n) is 20.8. The Balaban J connectivity index is 0.000000124. The Hall–Kier alpha value is -7.59. The van der Waals surface area contributed by atoms with Crippen molar-refractivity contribution < 1.29 is 46.2 Å². The van der Waals surface area contributed by atoms with Gasteiger partial charge in [0.05, 0.1) is 31.4 Å². The molecule has 6 saturated carbocycles. The average Bonchev–Trinajstić information content (AvgIpc) is 1.53. The van der Waals surface area contributed by atoms with Gasteiger partial charge in [0, 0.05) is 59.8 Å². The number of benzene rings is 7. The van der Waals surface area contributed by atoms with E-state index in [0.717, 1.165) is 144 Å². The molecular formula is C94H106BrF4N7O6S2. The number of rotatable bonds is 19. The molecule has 3 amide bonds. The number of methoxy groups -OCH3 is 3. The van der Waals surface area contributed by atoms with Gasteiger partial charge in [-0.2, -0.15) is 0 Å². The first-order valence-corrected chi connectivity index (χ1v) is 44.1. The van der Waals surface area contributed by atoms with Crippen molar-refractivity contribution in [1.29, 1.82) is 0 Å². The van der Waals surface area contributed by atoms with Crippen molar-refractivity contribution in [1.82, 2.24) is 20.4 Å². The number of hydrogen-bond donors (Lipinski definition) is 3. The highest BCUT2D eigenvalue weighted by atomic mass is 79.9. The number of thiocarbonyl (C=S) groups is 1. The van der Waals surface area contributed by atoms with Crippen LogP contribution in [-0.2, 0) is 108 Å². The molecule has 600 valence electrons. The summed E-state index contributed by atoms with van der Waals surface area (Å²) in [6, 6.07) is 46.9. The number of hydrogen-bond acceptors (Lipinski definition) is 11. The second-order valence-electron chi connectivity index (χ2n) is 34.6. The monoisotopic (exact) mass is 1650 g/mol. The van der Waals surface area contributed by atoms with Crippen LogP contribution in [0.5, 0.6) is 0 Å². The van der Waals surface area contributed by atoms with E-state index < -0.39 is 16.6 Å². The van der Waals surface area contributed by atoms with Crippen LogP contribution in [0.25, 0.3) is 0 Å². The first-order valence-electron chi connectivity index (χ1n) is 41.6. The number of halogens is 5. The summed E-state index contributed by atoms with van der Waals surface area (Å²) in [5.41, 5.74) is 15.8. The number of nitrogens with zero attached hydrogens (tertiary/aromatic N) is 4. The van der Waals surface area contributed by atoms with Gasteiger partial charge >= 0.3 is 0 Å². The summed E-state index contributed by atoms with van der Waals surface area (Å²) in [7, 11) is 5.32. The molecule has 4 N–H and O–H groups in total. The summed E-state index contributed by atoms with van der Waals surface area (Å²) in [6.45, 7) is 0.180. The zero-order chi connectivity index (χ0) is 79.2. The Morgan fingerprint density at radius 1 is 0.482 bits per heavy atom. The second kappa shape index (κ2) is 33.4. The van der Waals surface area contributed by atoms with Crippen LogP contribution in [0.3, 0.4) is 0 Å². The fraction of sp³-hybridized carbons (Fsp3) is 0.489. The maximum Gasteiger partial charge on any atom is 0.262 e. The number of amides is 3. The molecule has 7 fully saturated rings. The highest BCUT2D eigenvalue weighted by Gasteiger charge is 2.69. The van der Waals surface area contributed by atoms with Crippen molar-refractivity contribution in [2.45, 2.75) is 232 Å². The van der Waals surface area contributed by atoms with Crippen LogP contribution < -0.4 is 16.4 Å². The number of carbonyl (C=O) groups excluding carboxylic acids is 3. The van der Waals surface area contributed by atoms with E-state index in [-0.39, 0.29) is 88.5 Å². The van der Waals surface area contributed by atoms with Crippen LogP contribution in [0.15, 0.2) is 162 Å². The van der Waals surface area contributed by atoms with Gasteiger partial charge in [-0.1, -0.05) is 194 Å². The van der Waals surface area contributed by atoms with Crippen LogP contribution in [-0.4, -0.2) is 83.4 Å². The fourth-order valence-corrected chi connectivity index (χ4v) is 22.5. The summed E-state index contributed by atoms with van der Waals surface area (Å²) in [5, 5.41) is 7.98. The minimum Gasteiger partial charge on any atom is -0.381 e. The van der Waals surface area contributed by atoms with Crippen molar-refractivity contribution in [3.63, 3.8) is 0 Å². The Morgan fingerprint density at radius 2 is 0.851 bits per heavy atom. The molecule has 20 heteroatoms. The number of nitrogens with two attached hydrogens (primary N) is 1. The van der Waals surface area contributed by atoms with Crippen molar-refractivity contribution in [3.05, 3.63) is 247 Å². The molecule has 19 rings (SSSR count). The number of nitrogens with one attached hydrogen (secondary N) is 2. The first-order chi connectivity index (χ1) is 55.3. The molecule has 12 aliphatic rings. The standard InChI is InChI=1S/C36H38F2N2O2S.C29H34FN3O2.C22H28N2O2S.C7H6BrF/c1-42-29-16-18-35(19-17-29)21-26-15-14-25(13-12-24-10-11-24)20-30(26)36(35)33(41)40(22-27-6-2-4-8-31(27)37)34(39-36)43-23-28-7-3-5-9-32(28)38;1-35-23-12-14-28(15-13-23)17-21-11-10-20(9-8-19-6-7-19)16-24(21)29(28)26(34)33(27(31)32-29)18-22-4-2-3-5-25(22)30;1-26-17-8-10-21(11-9-17)13-16-7-6-15(5-4-14-2-3-14)12-18(16)22(21)19(25)23-20(27)24-22;8-5-6-3-1-2-4-7(6)9/h2-9,14-15,20,24,29H,10-13,16-19,21-23H2,1H3;2-5,10-11,16,19,23H,6-9,12-15,17-18H2,1H3,(H2,31,32);6-7,12,14,17H,2-5,8-11,13H2,1H3,(H2,23,24,25,27);1-4H,5H2. The SMILES string of the molecule is COC1CCC2(CC1)Cc1ccc(CCC3CC3)cc1C21N=C(N)N(Cc2ccccc2F)C1=O.COC1CCC2(CC1)Cc1ccc(CCC3CC3)cc1C21N=C(SCc2ccccc2F)N(Cc2ccccc2F)C1=O.COC1CCC2(CC1)Cc1ccc(CCC3CC3)cc1C21NC(=S)NC1=O.Fc1ccccc1CBr. The van der Waals surface area contributed by atoms with Gasteiger partial charge in [-0.3, -0.25) is 24.2 Å². The summed E-state index contributed by atoms with van der Waals surface area (Å²) in [4.78, 5) is 56.4. The number of aryl methyl sites for hydroxylation is 3. The van der Waals surface area contributed by atoms with Gasteiger partial charge in [0.15, 0.2) is 32.9 Å². The van der Waals surface area contributed by atoms with Crippen molar-refractivity contribution in [3.8, 4) is 0 Å². The van der Waals surface area contributed by atoms with E-state index in [0.29, 0.717) is 49.7 Å². The molecule has 7 aromatic rings.